The van der Waals surface area contributed by atoms with E-state index in [1.807, 2.05) is 75.4 Å². The number of aryl methyl sites for hydroxylation is 1. The second-order valence-electron chi connectivity index (χ2n) is 6.54. The van der Waals surface area contributed by atoms with E-state index in [9.17, 15) is 4.79 Å². The van der Waals surface area contributed by atoms with E-state index in [4.69, 9.17) is 4.74 Å². The molecule has 138 valence electrons. The average Bonchev–Trinajstić information content (AvgIpc) is 2.63. The van der Waals surface area contributed by atoms with Crippen molar-refractivity contribution in [1.29, 1.82) is 0 Å². The molecule has 3 aromatic rings. The highest BCUT2D eigenvalue weighted by Gasteiger charge is 2.12. The number of nitrogens with zero attached hydrogens (tertiary/aromatic N) is 1. The predicted molar refractivity (Wildman–Crippen MR) is 109 cm³/mol. The van der Waals surface area contributed by atoms with E-state index in [2.05, 4.69) is 15.6 Å². The number of aromatic nitrogens is 1. The first-order valence-electron chi connectivity index (χ1n) is 8.88. The molecule has 0 spiro atoms. The predicted octanol–water partition coefficient (Wildman–Crippen LogP) is 5.17. The van der Waals surface area contributed by atoms with Gasteiger partial charge in [-0.15, -0.1) is 0 Å². The van der Waals surface area contributed by atoms with Crippen LogP contribution in [0.25, 0.3) is 0 Å². The summed E-state index contributed by atoms with van der Waals surface area (Å²) in [6.07, 6.45) is 1.63. The summed E-state index contributed by atoms with van der Waals surface area (Å²) in [5, 5.41) is 6.17. The Balaban J connectivity index is 1.76. The van der Waals surface area contributed by atoms with Crippen LogP contribution in [-0.4, -0.2) is 17.0 Å². The van der Waals surface area contributed by atoms with Crippen LogP contribution in [0.15, 0.2) is 66.9 Å². The van der Waals surface area contributed by atoms with Crippen LogP contribution in [0.1, 0.15) is 29.9 Å². The molecule has 0 fully saturated rings. The van der Waals surface area contributed by atoms with Crippen molar-refractivity contribution in [3.8, 4) is 5.75 Å². The van der Waals surface area contributed by atoms with Crippen LogP contribution in [0.4, 0.5) is 17.1 Å². The Bertz CT molecular complexity index is 938. The van der Waals surface area contributed by atoms with Crippen LogP contribution in [0.5, 0.6) is 5.75 Å². The molecule has 0 radical (unpaired) electrons. The molecule has 0 aliphatic rings. The third kappa shape index (κ3) is 5.07. The van der Waals surface area contributed by atoms with E-state index < -0.39 is 0 Å². The highest BCUT2D eigenvalue weighted by Crippen LogP contribution is 2.25. The zero-order chi connectivity index (χ0) is 19.2. The molecule has 1 amide bonds. The van der Waals surface area contributed by atoms with Gasteiger partial charge in [-0.3, -0.25) is 9.78 Å². The molecular formula is C22H23N3O2. The summed E-state index contributed by atoms with van der Waals surface area (Å²) in [6.45, 7) is 5.93. The van der Waals surface area contributed by atoms with Crippen molar-refractivity contribution in [3.05, 3.63) is 78.1 Å². The standard InChI is InChI=1S/C22H23N3O2/c1-15(2)27-21-10-5-4-9-19(21)25-22(26)20-14-18(11-12-23-20)24-17-8-6-7-16(3)13-17/h4-15H,1-3H3,(H,23,24)(H,25,26). The Hall–Kier alpha value is -3.34. The van der Waals surface area contributed by atoms with Gasteiger partial charge in [-0.25, -0.2) is 0 Å². The first-order chi connectivity index (χ1) is 13.0. The van der Waals surface area contributed by atoms with Gasteiger partial charge >= 0.3 is 0 Å². The number of anilines is 3. The van der Waals surface area contributed by atoms with E-state index in [0.29, 0.717) is 17.1 Å². The maximum Gasteiger partial charge on any atom is 0.274 e. The SMILES string of the molecule is Cc1cccc(Nc2ccnc(C(=O)Nc3ccccc3OC(C)C)c2)c1. The van der Waals surface area contributed by atoms with Gasteiger partial charge in [0, 0.05) is 17.6 Å². The first-order valence-corrected chi connectivity index (χ1v) is 8.88. The fourth-order valence-electron chi connectivity index (χ4n) is 2.63. The maximum absolute atomic E-state index is 12.7. The molecule has 1 heterocycles. The van der Waals surface area contributed by atoms with Gasteiger partial charge < -0.3 is 15.4 Å². The largest absolute Gasteiger partial charge is 0.489 e. The zero-order valence-corrected chi connectivity index (χ0v) is 15.7. The van der Waals surface area contributed by atoms with Gasteiger partial charge in [0.25, 0.3) is 5.91 Å². The van der Waals surface area contributed by atoms with Gasteiger partial charge in [0.15, 0.2) is 0 Å². The molecular weight excluding hydrogens is 338 g/mol. The lowest BCUT2D eigenvalue weighted by Crippen LogP contribution is -2.15. The first kappa shape index (κ1) is 18.5. The quantitative estimate of drug-likeness (QED) is 0.635. The zero-order valence-electron chi connectivity index (χ0n) is 15.7. The summed E-state index contributed by atoms with van der Waals surface area (Å²) < 4.78 is 5.75. The van der Waals surface area contributed by atoms with Crippen LogP contribution in [0.2, 0.25) is 0 Å². The number of amides is 1. The summed E-state index contributed by atoms with van der Waals surface area (Å²) in [4.78, 5) is 16.8. The summed E-state index contributed by atoms with van der Waals surface area (Å²) >= 11 is 0. The minimum atomic E-state index is -0.289. The van der Waals surface area contributed by atoms with Crippen molar-refractivity contribution < 1.29 is 9.53 Å². The molecule has 0 aliphatic heterocycles. The molecule has 27 heavy (non-hydrogen) atoms. The van der Waals surface area contributed by atoms with Crippen LogP contribution in [0, 0.1) is 6.92 Å². The minimum absolute atomic E-state index is 0.0167. The molecule has 0 saturated heterocycles. The van der Waals surface area contributed by atoms with E-state index >= 15 is 0 Å². The lowest BCUT2D eigenvalue weighted by molar-refractivity contribution is 0.102. The van der Waals surface area contributed by atoms with Crippen molar-refractivity contribution in [2.45, 2.75) is 26.9 Å². The number of para-hydroxylation sites is 2. The maximum atomic E-state index is 12.7. The fraction of sp³-hybridized carbons (Fsp3) is 0.182. The summed E-state index contributed by atoms with van der Waals surface area (Å²) in [6, 6.07) is 19.0. The molecule has 1 aromatic heterocycles. The second kappa shape index (κ2) is 8.36. The molecule has 3 rings (SSSR count). The third-order valence-corrected chi connectivity index (χ3v) is 3.80. The van der Waals surface area contributed by atoms with Crippen LogP contribution >= 0.6 is 0 Å². The molecule has 0 aliphatic carbocycles. The van der Waals surface area contributed by atoms with Gasteiger partial charge in [-0.05, 0) is 62.7 Å². The third-order valence-electron chi connectivity index (χ3n) is 3.80. The topological polar surface area (TPSA) is 63.2 Å². The summed E-state index contributed by atoms with van der Waals surface area (Å²) in [5.41, 5.74) is 3.87. The molecule has 5 heteroatoms. The summed E-state index contributed by atoms with van der Waals surface area (Å²) in [7, 11) is 0. The fourth-order valence-corrected chi connectivity index (χ4v) is 2.63. The second-order valence-corrected chi connectivity index (χ2v) is 6.54. The number of rotatable bonds is 6. The molecule has 2 aromatic carbocycles. The van der Waals surface area contributed by atoms with E-state index in [1.165, 1.54) is 0 Å². The molecule has 0 atom stereocenters. The van der Waals surface area contributed by atoms with Gasteiger partial charge in [-0.1, -0.05) is 24.3 Å². The Morgan fingerprint density at radius 2 is 1.78 bits per heavy atom. The lowest BCUT2D eigenvalue weighted by atomic mass is 10.2. The van der Waals surface area contributed by atoms with Gasteiger partial charge in [0.05, 0.1) is 11.8 Å². The number of ether oxygens (including phenoxy) is 1. The Morgan fingerprint density at radius 1 is 1.00 bits per heavy atom. The number of pyridine rings is 1. The summed E-state index contributed by atoms with van der Waals surface area (Å²) in [5.74, 6) is 0.345. The minimum Gasteiger partial charge on any atom is -0.489 e. The number of carbonyl (C=O) groups is 1. The van der Waals surface area contributed by atoms with Gasteiger partial charge in [0.1, 0.15) is 11.4 Å². The lowest BCUT2D eigenvalue weighted by Gasteiger charge is -2.15. The van der Waals surface area contributed by atoms with Gasteiger partial charge in [0.2, 0.25) is 0 Å². The van der Waals surface area contributed by atoms with Crippen molar-refractivity contribution in [1.82, 2.24) is 4.98 Å². The number of benzene rings is 2. The van der Waals surface area contributed by atoms with Crippen molar-refractivity contribution >= 4 is 23.0 Å². The number of carbonyl (C=O) groups excluding carboxylic acids is 1. The number of nitrogens with one attached hydrogen (secondary N) is 2. The smallest absolute Gasteiger partial charge is 0.274 e. The normalized spacial score (nSPS) is 10.5. The molecule has 0 unspecified atom stereocenters. The number of hydrogen-bond acceptors (Lipinski definition) is 4. The monoisotopic (exact) mass is 361 g/mol. The Labute approximate surface area is 159 Å². The van der Waals surface area contributed by atoms with Crippen LogP contribution < -0.4 is 15.4 Å². The van der Waals surface area contributed by atoms with Gasteiger partial charge in [-0.2, -0.15) is 0 Å². The van der Waals surface area contributed by atoms with Crippen LogP contribution in [-0.2, 0) is 0 Å². The molecule has 2 N–H and O–H groups in total. The Morgan fingerprint density at radius 3 is 2.56 bits per heavy atom. The average molecular weight is 361 g/mol. The van der Waals surface area contributed by atoms with Crippen molar-refractivity contribution in [2.75, 3.05) is 10.6 Å². The molecule has 0 bridgehead atoms. The van der Waals surface area contributed by atoms with E-state index in [-0.39, 0.29) is 12.0 Å². The number of hydrogen-bond donors (Lipinski definition) is 2. The highest BCUT2D eigenvalue weighted by atomic mass is 16.5. The molecule has 5 nitrogen and oxygen atoms in total. The molecule has 0 saturated carbocycles. The Kier molecular flexibility index (Phi) is 5.71. The van der Waals surface area contributed by atoms with Crippen molar-refractivity contribution in [2.24, 2.45) is 0 Å². The van der Waals surface area contributed by atoms with E-state index in [0.717, 1.165) is 16.9 Å². The van der Waals surface area contributed by atoms with Crippen molar-refractivity contribution in [3.63, 3.8) is 0 Å². The van der Waals surface area contributed by atoms with E-state index in [1.54, 1.807) is 12.3 Å². The van der Waals surface area contributed by atoms with Crippen LogP contribution in [0.3, 0.4) is 0 Å². The highest BCUT2D eigenvalue weighted by molar-refractivity contribution is 6.04.